The Kier molecular flexibility index (Phi) is 17.2. The minimum absolute atomic E-state index is 0.0365. The Balaban J connectivity index is 1.14. The number of ether oxygens (including phenoxy) is 1. The van der Waals surface area contributed by atoms with Crippen molar-refractivity contribution in [1.29, 1.82) is 0 Å². The molecule has 46 heavy (non-hydrogen) atoms. The number of rotatable bonds is 23. The highest BCUT2D eigenvalue weighted by molar-refractivity contribution is 7.99. The van der Waals surface area contributed by atoms with Crippen molar-refractivity contribution in [1.82, 2.24) is 9.55 Å². The number of halogens is 2. The molecule has 1 fully saturated rings. The molecule has 14 heteroatoms. The van der Waals surface area contributed by atoms with Crippen molar-refractivity contribution in [2.75, 3.05) is 18.1 Å². The number of nitrogens with zero attached hydrogens (tertiary/aromatic N) is 1. The standard InChI is InChI=1S/C32H49F2N2O8PS/c1-24(30-29(37)21-27(43-30)22-36-23-28(34)31(38)35-32(36)39)44-45(40,41)42-18-20-46-19-12-10-8-6-4-2-3-5-7-9-11-13-25-14-16-26(33)17-15-25/h14-17,23-24,27,29-30,37H,2-13,18-22H2,1H3,(H,40,41)(H,35,38,39)/t24-,27-,29+,30-/m1/s1. The molecule has 1 aromatic carbocycles. The maximum Gasteiger partial charge on any atom is 0.472 e. The Morgan fingerprint density at radius 1 is 1.00 bits per heavy atom. The topological polar surface area (TPSA) is 140 Å². The van der Waals surface area contributed by atoms with Gasteiger partial charge in [0.25, 0.3) is 5.56 Å². The van der Waals surface area contributed by atoms with Gasteiger partial charge >= 0.3 is 13.5 Å². The fourth-order valence-corrected chi connectivity index (χ4v) is 7.40. The van der Waals surface area contributed by atoms with E-state index in [1.807, 2.05) is 17.1 Å². The van der Waals surface area contributed by atoms with Crippen LogP contribution in [0.2, 0.25) is 0 Å². The molecule has 1 saturated heterocycles. The smallest absolute Gasteiger partial charge is 0.390 e. The van der Waals surface area contributed by atoms with Crippen molar-refractivity contribution in [3.05, 3.63) is 68.5 Å². The van der Waals surface area contributed by atoms with Gasteiger partial charge in [0.05, 0.1) is 37.7 Å². The third-order valence-corrected chi connectivity index (χ3v) is 10.2. The van der Waals surface area contributed by atoms with Crippen LogP contribution >= 0.6 is 19.6 Å². The molecule has 0 amide bonds. The molecule has 2 aromatic rings. The number of hydrogen-bond acceptors (Lipinski definition) is 8. The molecular formula is C32H49F2N2O8PS. The van der Waals surface area contributed by atoms with E-state index in [-0.39, 0.29) is 25.4 Å². The number of hydrogen-bond donors (Lipinski definition) is 3. The maximum atomic E-state index is 13.5. The Morgan fingerprint density at radius 3 is 2.26 bits per heavy atom. The van der Waals surface area contributed by atoms with Crippen LogP contribution < -0.4 is 11.2 Å². The number of nitrogens with one attached hydrogen (secondary N) is 1. The van der Waals surface area contributed by atoms with Crippen LogP contribution in [0.15, 0.2) is 40.1 Å². The second kappa shape index (κ2) is 20.5. The summed E-state index contributed by atoms with van der Waals surface area (Å²) in [7, 11) is -4.40. The average molecular weight is 691 g/mol. The molecule has 3 rings (SSSR count). The predicted molar refractivity (Wildman–Crippen MR) is 175 cm³/mol. The molecule has 1 aliphatic heterocycles. The van der Waals surface area contributed by atoms with Gasteiger partial charge in [-0.15, -0.1) is 0 Å². The molecule has 10 nitrogen and oxygen atoms in total. The van der Waals surface area contributed by atoms with Crippen LogP contribution in [0, 0.1) is 11.6 Å². The number of thioether (sulfide) groups is 1. The van der Waals surface area contributed by atoms with E-state index in [0.29, 0.717) is 5.75 Å². The number of unbranched alkanes of at least 4 members (excludes halogenated alkanes) is 10. The van der Waals surface area contributed by atoms with Gasteiger partial charge in [0.1, 0.15) is 11.9 Å². The number of aliphatic hydroxyl groups is 1. The van der Waals surface area contributed by atoms with E-state index in [2.05, 4.69) is 0 Å². The molecule has 5 atom stereocenters. The van der Waals surface area contributed by atoms with E-state index in [9.17, 15) is 32.9 Å². The third kappa shape index (κ3) is 14.5. The zero-order valence-corrected chi connectivity index (χ0v) is 28.3. The maximum absolute atomic E-state index is 13.5. The number of benzene rings is 1. The lowest BCUT2D eigenvalue weighted by molar-refractivity contribution is -0.0610. The zero-order chi connectivity index (χ0) is 33.4. The first-order chi connectivity index (χ1) is 22.0. The van der Waals surface area contributed by atoms with Gasteiger partial charge in [-0.1, -0.05) is 69.9 Å². The van der Waals surface area contributed by atoms with Crippen LogP contribution in [-0.4, -0.2) is 62.1 Å². The van der Waals surface area contributed by atoms with E-state index in [0.717, 1.165) is 42.2 Å². The SMILES string of the molecule is C[C@@H](OP(=O)(O)OCCSCCCCCCCCCCCCCc1ccc(F)cc1)[C@H]1O[C@@H](Cn2cc(F)c(=O)[nH]c2=O)C[C@@H]1O. The first-order valence-corrected chi connectivity index (χ1v) is 19.0. The summed E-state index contributed by atoms with van der Waals surface area (Å²) in [6.45, 7) is 1.39. The van der Waals surface area contributed by atoms with Crippen LogP contribution in [0.3, 0.4) is 0 Å². The molecule has 260 valence electrons. The summed E-state index contributed by atoms with van der Waals surface area (Å²) in [6.07, 6.45) is 11.6. The van der Waals surface area contributed by atoms with Gasteiger partial charge in [-0.05, 0) is 49.6 Å². The van der Waals surface area contributed by atoms with Crippen LogP contribution in [0.1, 0.15) is 89.5 Å². The molecule has 1 unspecified atom stereocenters. The fraction of sp³-hybridized carbons (Fsp3) is 0.688. The molecular weight excluding hydrogens is 641 g/mol. The second-order valence-electron chi connectivity index (χ2n) is 11.9. The lowest BCUT2D eigenvalue weighted by Crippen LogP contribution is -2.35. The number of H-pyrrole nitrogens is 1. The van der Waals surface area contributed by atoms with Crippen molar-refractivity contribution in [2.24, 2.45) is 0 Å². The predicted octanol–water partition coefficient (Wildman–Crippen LogP) is 6.12. The quantitative estimate of drug-likeness (QED) is 0.0929. The summed E-state index contributed by atoms with van der Waals surface area (Å²) < 4.78 is 55.8. The van der Waals surface area contributed by atoms with Crippen molar-refractivity contribution >= 4 is 19.6 Å². The highest BCUT2D eigenvalue weighted by Gasteiger charge is 2.41. The minimum Gasteiger partial charge on any atom is -0.390 e. The molecule has 0 saturated carbocycles. The largest absolute Gasteiger partial charge is 0.472 e. The molecule has 1 aromatic heterocycles. The third-order valence-electron chi connectivity index (χ3n) is 8.01. The van der Waals surface area contributed by atoms with Crippen molar-refractivity contribution in [3.8, 4) is 0 Å². The van der Waals surface area contributed by atoms with Gasteiger partial charge in [-0.3, -0.25) is 23.4 Å². The number of phosphoric acid groups is 1. The van der Waals surface area contributed by atoms with Gasteiger partial charge in [0, 0.05) is 12.2 Å². The van der Waals surface area contributed by atoms with E-state index < -0.39 is 49.3 Å². The number of aryl methyl sites for hydroxylation is 1. The number of aromatic amines is 1. The van der Waals surface area contributed by atoms with Gasteiger partial charge in [-0.2, -0.15) is 16.2 Å². The fourth-order valence-electron chi connectivity index (χ4n) is 5.54. The summed E-state index contributed by atoms with van der Waals surface area (Å²) in [6, 6.07) is 6.79. The molecule has 2 heterocycles. The molecule has 0 radical (unpaired) electrons. The highest BCUT2D eigenvalue weighted by atomic mass is 32.2. The Hall–Kier alpha value is -1.86. The van der Waals surface area contributed by atoms with E-state index in [1.165, 1.54) is 76.0 Å². The molecule has 3 N–H and O–H groups in total. The van der Waals surface area contributed by atoms with Crippen LogP contribution in [0.4, 0.5) is 8.78 Å². The van der Waals surface area contributed by atoms with Crippen molar-refractivity contribution in [2.45, 2.75) is 121 Å². The van der Waals surface area contributed by atoms with Crippen LogP contribution in [0.25, 0.3) is 0 Å². The van der Waals surface area contributed by atoms with E-state index in [4.69, 9.17) is 13.8 Å². The summed E-state index contributed by atoms with van der Waals surface area (Å²) >= 11 is 1.65. The summed E-state index contributed by atoms with van der Waals surface area (Å²) in [4.78, 5) is 35.1. The van der Waals surface area contributed by atoms with Gasteiger partial charge < -0.3 is 14.7 Å². The minimum atomic E-state index is -4.40. The zero-order valence-electron chi connectivity index (χ0n) is 26.6. The van der Waals surface area contributed by atoms with Crippen LogP contribution in [-0.2, 0) is 31.3 Å². The van der Waals surface area contributed by atoms with E-state index in [1.54, 1.807) is 11.8 Å². The molecule has 0 aliphatic carbocycles. The average Bonchev–Trinajstić information content (AvgIpc) is 3.38. The first-order valence-electron chi connectivity index (χ1n) is 16.3. The highest BCUT2D eigenvalue weighted by Crippen LogP contribution is 2.46. The van der Waals surface area contributed by atoms with Crippen LogP contribution in [0.5, 0.6) is 0 Å². The Bertz CT molecular complexity index is 1330. The molecule has 0 bridgehead atoms. The molecule has 1 aliphatic rings. The molecule has 0 spiro atoms. The van der Waals surface area contributed by atoms with Crippen molar-refractivity contribution < 1.29 is 37.1 Å². The Labute approximate surface area is 273 Å². The second-order valence-corrected chi connectivity index (χ2v) is 14.5. The van der Waals surface area contributed by atoms with E-state index >= 15 is 0 Å². The first kappa shape index (κ1) is 38.6. The van der Waals surface area contributed by atoms with Gasteiger partial charge in [0.2, 0.25) is 5.82 Å². The summed E-state index contributed by atoms with van der Waals surface area (Å²) in [5.74, 6) is 0.188. The summed E-state index contributed by atoms with van der Waals surface area (Å²) in [5.41, 5.74) is -0.728. The van der Waals surface area contributed by atoms with Gasteiger partial charge in [0.15, 0.2) is 0 Å². The lowest BCUT2D eigenvalue weighted by Gasteiger charge is -2.24. The number of aromatic nitrogens is 2. The lowest BCUT2D eigenvalue weighted by atomic mass is 10.0. The van der Waals surface area contributed by atoms with Gasteiger partial charge in [-0.25, -0.2) is 13.8 Å². The Morgan fingerprint density at radius 2 is 1.61 bits per heavy atom. The normalized spacial score (nSPS) is 20.2. The monoisotopic (exact) mass is 690 g/mol. The number of aliphatic hydroxyl groups excluding tert-OH is 1. The number of phosphoric ester groups is 1. The summed E-state index contributed by atoms with van der Waals surface area (Å²) in [5, 5.41) is 10.4. The van der Waals surface area contributed by atoms with Crippen molar-refractivity contribution in [3.63, 3.8) is 0 Å².